The lowest BCUT2D eigenvalue weighted by atomic mass is 9.82. The monoisotopic (exact) mass is 391 g/mol. The van der Waals surface area contributed by atoms with E-state index < -0.39 is 35.5 Å². The van der Waals surface area contributed by atoms with Crippen LogP contribution in [-0.4, -0.2) is 26.8 Å². The molecule has 2 aliphatic carbocycles. The molecule has 2 aliphatic rings. The molecular weight excluding hydrogens is 375 g/mol. The third-order valence-corrected chi connectivity index (χ3v) is 5.38. The van der Waals surface area contributed by atoms with E-state index in [0.717, 1.165) is 12.1 Å². The topological polar surface area (TPSA) is 84.2 Å². The second-order valence-electron chi connectivity index (χ2n) is 7.01. The Balaban J connectivity index is 1.69. The molecule has 0 spiro atoms. The first-order chi connectivity index (χ1) is 13.3. The maximum Gasteiger partial charge on any atom is 0.416 e. The van der Waals surface area contributed by atoms with Crippen LogP contribution < -0.4 is 5.32 Å². The summed E-state index contributed by atoms with van der Waals surface area (Å²) in [5, 5.41) is 16.0. The first kappa shape index (κ1) is 18.3. The molecule has 4 rings (SSSR count). The van der Waals surface area contributed by atoms with Crippen molar-refractivity contribution >= 4 is 17.6 Å². The molecule has 9 heteroatoms. The summed E-state index contributed by atoms with van der Waals surface area (Å²) < 4.78 is 40.8. The maximum absolute atomic E-state index is 13.1. The summed E-state index contributed by atoms with van der Waals surface area (Å²) in [6.45, 7) is 0. The Bertz CT molecular complexity index is 953. The lowest BCUT2D eigenvalue weighted by Crippen LogP contribution is -2.36. The van der Waals surface area contributed by atoms with Crippen LogP contribution in [-0.2, 0) is 15.8 Å². The second kappa shape index (κ2) is 6.50. The molecule has 4 atom stereocenters. The van der Waals surface area contributed by atoms with Gasteiger partial charge in [0, 0.05) is 12.4 Å². The number of alkyl halides is 3. The molecule has 1 aromatic carbocycles. The Morgan fingerprint density at radius 2 is 1.89 bits per heavy atom. The molecule has 1 fully saturated rings. The van der Waals surface area contributed by atoms with Gasteiger partial charge >= 0.3 is 12.1 Å². The summed E-state index contributed by atoms with van der Waals surface area (Å²) in [7, 11) is 0. The van der Waals surface area contributed by atoms with Crippen LogP contribution in [0.5, 0.6) is 0 Å². The van der Waals surface area contributed by atoms with Gasteiger partial charge in [0.25, 0.3) is 0 Å². The van der Waals surface area contributed by atoms with E-state index in [4.69, 9.17) is 0 Å². The molecule has 1 saturated carbocycles. The second-order valence-corrected chi connectivity index (χ2v) is 7.01. The minimum atomic E-state index is -4.58. The summed E-state index contributed by atoms with van der Waals surface area (Å²) in [6, 6.07) is 4.58. The van der Waals surface area contributed by atoms with E-state index in [0.29, 0.717) is 6.42 Å². The summed E-state index contributed by atoms with van der Waals surface area (Å²) in [5.41, 5.74) is -0.724. The van der Waals surface area contributed by atoms with Crippen LogP contribution >= 0.6 is 0 Å². The van der Waals surface area contributed by atoms with E-state index in [1.54, 1.807) is 18.3 Å². The van der Waals surface area contributed by atoms with Crippen molar-refractivity contribution in [3.05, 3.63) is 54.4 Å². The lowest BCUT2D eigenvalue weighted by Gasteiger charge is -2.24. The highest BCUT2D eigenvalue weighted by Gasteiger charge is 2.51. The van der Waals surface area contributed by atoms with Crippen LogP contribution in [0.3, 0.4) is 0 Å². The van der Waals surface area contributed by atoms with Crippen LogP contribution in [0.1, 0.15) is 12.0 Å². The van der Waals surface area contributed by atoms with Gasteiger partial charge in [-0.1, -0.05) is 12.2 Å². The summed E-state index contributed by atoms with van der Waals surface area (Å²) in [5.74, 6) is -3.85. The third-order valence-electron chi connectivity index (χ3n) is 5.38. The molecule has 1 amide bonds. The Hall–Kier alpha value is -3.10. The van der Waals surface area contributed by atoms with Gasteiger partial charge in [-0.15, -0.1) is 0 Å². The number of nitrogens with one attached hydrogen (secondary N) is 1. The van der Waals surface area contributed by atoms with Gasteiger partial charge in [0.2, 0.25) is 5.91 Å². The molecular formula is C19H16F3N3O3. The average molecular weight is 391 g/mol. The molecule has 0 saturated heterocycles. The highest BCUT2D eigenvalue weighted by Crippen LogP contribution is 2.48. The smallest absolute Gasteiger partial charge is 0.416 e. The molecule has 1 aromatic heterocycles. The Morgan fingerprint density at radius 3 is 2.50 bits per heavy atom. The summed E-state index contributed by atoms with van der Waals surface area (Å²) in [4.78, 5) is 24.5. The number of halogens is 3. The number of carbonyl (C=O) groups is 2. The average Bonchev–Trinajstić information content (AvgIpc) is 3.37. The highest BCUT2D eigenvalue weighted by molar-refractivity contribution is 5.97. The molecule has 28 heavy (non-hydrogen) atoms. The Kier molecular flexibility index (Phi) is 4.24. The molecule has 2 bridgehead atoms. The number of allylic oxidation sites excluding steroid dienone is 2. The zero-order chi connectivity index (χ0) is 20.1. The van der Waals surface area contributed by atoms with Gasteiger partial charge in [-0.25, -0.2) is 4.68 Å². The van der Waals surface area contributed by atoms with Crippen molar-refractivity contribution in [3.8, 4) is 5.69 Å². The first-order valence-corrected chi connectivity index (χ1v) is 8.69. The van der Waals surface area contributed by atoms with Gasteiger partial charge in [-0.05, 0) is 42.5 Å². The van der Waals surface area contributed by atoms with Gasteiger partial charge in [-0.2, -0.15) is 18.3 Å². The number of hydrogen-bond acceptors (Lipinski definition) is 3. The predicted molar refractivity (Wildman–Crippen MR) is 92.5 cm³/mol. The van der Waals surface area contributed by atoms with E-state index >= 15 is 0 Å². The highest BCUT2D eigenvalue weighted by atomic mass is 19.4. The number of carboxylic acids is 1. The van der Waals surface area contributed by atoms with Crippen molar-refractivity contribution in [2.24, 2.45) is 23.7 Å². The van der Waals surface area contributed by atoms with Gasteiger partial charge < -0.3 is 10.4 Å². The molecule has 1 heterocycles. The van der Waals surface area contributed by atoms with Crippen molar-refractivity contribution in [1.29, 1.82) is 0 Å². The Labute approximate surface area is 157 Å². The fraction of sp³-hybridized carbons (Fsp3) is 0.316. The SMILES string of the molecule is O=C(O)C1C2C=CC(C2)C1C(=O)Nc1cc(C(F)(F)F)ccc1-n1cccn1. The number of nitrogens with zero attached hydrogens (tertiary/aromatic N) is 2. The van der Waals surface area contributed by atoms with Crippen LogP contribution in [0.4, 0.5) is 18.9 Å². The number of aromatic nitrogens is 2. The number of fused-ring (bicyclic) bond motifs is 2. The minimum Gasteiger partial charge on any atom is -0.481 e. The van der Waals surface area contributed by atoms with Gasteiger partial charge in [0.1, 0.15) is 0 Å². The standard InChI is InChI=1S/C19H16F3N3O3/c20-19(21,22)12-4-5-14(25-7-1-6-23-25)13(9-12)24-17(26)15-10-2-3-11(8-10)16(15)18(27)28/h1-7,9-11,15-16H,8H2,(H,24,26)(H,27,28). The van der Waals surface area contributed by atoms with Crippen LogP contribution in [0, 0.1) is 23.7 Å². The van der Waals surface area contributed by atoms with Crippen molar-refractivity contribution in [2.45, 2.75) is 12.6 Å². The lowest BCUT2D eigenvalue weighted by molar-refractivity contribution is -0.146. The number of rotatable bonds is 4. The summed E-state index contributed by atoms with van der Waals surface area (Å²) in [6.07, 6.45) is 2.59. The van der Waals surface area contributed by atoms with Crippen molar-refractivity contribution in [2.75, 3.05) is 5.32 Å². The molecule has 0 aliphatic heterocycles. The van der Waals surface area contributed by atoms with Gasteiger partial charge in [0.15, 0.2) is 0 Å². The van der Waals surface area contributed by atoms with Crippen LogP contribution in [0.15, 0.2) is 48.8 Å². The Morgan fingerprint density at radius 1 is 1.18 bits per heavy atom. The number of carbonyl (C=O) groups excluding carboxylic acids is 1. The number of amides is 1. The molecule has 0 radical (unpaired) electrons. The molecule has 146 valence electrons. The van der Waals surface area contributed by atoms with Crippen molar-refractivity contribution in [1.82, 2.24) is 9.78 Å². The van der Waals surface area contributed by atoms with E-state index in [2.05, 4.69) is 10.4 Å². The largest absolute Gasteiger partial charge is 0.481 e. The minimum absolute atomic E-state index is 0.0700. The quantitative estimate of drug-likeness (QED) is 0.783. The number of aliphatic carboxylic acids is 1. The summed E-state index contributed by atoms with van der Waals surface area (Å²) >= 11 is 0. The maximum atomic E-state index is 13.1. The number of hydrogen-bond donors (Lipinski definition) is 2. The zero-order valence-electron chi connectivity index (χ0n) is 14.4. The molecule has 2 aromatic rings. The fourth-order valence-electron chi connectivity index (χ4n) is 4.16. The van der Waals surface area contributed by atoms with E-state index in [9.17, 15) is 27.9 Å². The molecule has 4 unspecified atom stereocenters. The molecule has 6 nitrogen and oxygen atoms in total. The number of carboxylic acid groups (broad SMARTS) is 1. The molecule has 2 N–H and O–H groups in total. The fourth-order valence-corrected chi connectivity index (χ4v) is 4.16. The number of anilines is 1. The normalized spacial score (nSPS) is 25.8. The van der Waals surface area contributed by atoms with E-state index in [-0.39, 0.29) is 23.2 Å². The van der Waals surface area contributed by atoms with Crippen LogP contribution in [0.2, 0.25) is 0 Å². The van der Waals surface area contributed by atoms with E-state index in [1.165, 1.54) is 16.9 Å². The van der Waals surface area contributed by atoms with Gasteiger partial charge in [0.05, 0.1) is 28.8 Å². The van der Waals surface area contributed by atoms with Gasteiger partial charge in [-0.3, -0.25) is 9.59 Å². The number of benzene rings is 1. The first-order valence-electron chi connectivity index (χ1n) is 8.69. The van der Waals surface area contributed by atoms with Crippen molar-refractivity contribution in [3.63, 3.8) is 0 Å². The zero-order valence-corrected chi connectivity index (χ0v) is 14.4. The van der Waals surface area contributed by atoms with Crippen LogP contribution in [0.25, 0.3) is 5.69 Å². The van der Waals surface area contributed by atoms with E-state index in [1.807, 2.05) is 6.08 Å². The predicted octanol–water partition coefficient (Wildman–Crippen LogP) is 3.35. The third kappa shape index (κ3) is 3.06. The van der Waals surface area contributed by atoms with Crippen molar-refractivity contribution < 1.29 is 27.9 Å².